The third kappa shape index (κ3) is 4.10. The fraction of sp³-hybridized carbons (Fsp3) is 0.0500. The van der Waals surface area contributed by atoms with Crippen LogP contribution in [0.5, 0.6) is 0 Å². The molecule has 0 spiro atoms. The number of benzene rings is 2. The van der Waals surface area contributed by atoms with Gasteiger partial charge in [-0.3, -0.25) is 5.10 Å². The molecule has 1 N–H and O–H groups in total. The Kier molecular flexibility index (Phi) is 5.04. The lowest BCUT2D eigenvalue weighted by Gasteiger charge is -2.01. The lowest BCUT2D eigenvalue weighted by molar-refractivity contribution is 0.627. The van der Waals surface area contributed by atoms with Crippen molar-refractivity contribution in [3.8, 4) is 10.4 Å². The van der Waals surface area contributed by atoms with Gasteiger partial charge in [-0.05, 0) is 47.6 Å². The molecule has 0 radical (unpaired) electrons. The number of hydrogen-bond donors (Lipinski definition) is 1. The summed E-state index contributed by atoms with van der Waals surface area (Å²) in [7, 11) is 0. The number of thiophene rings is 1. The van der Waals surface area contributed by atoms with E-state index in [9.17, 15) is 4.39 Å². The summed E-state index contributed by atoms with van der Waals surface area (Å²) in [6, 6.07) is 20.6. The van der Waals surface area contributed by atoms with Gasteiger partial charge in [0.1, 0.15) is 5.82 Å². The molecule has 7 heteroatoms. The average molecular weight is 395 g/mol. The number of nitrogens with one attached hydrogen (secondary N) is 1. The standard InChI is InChI=1S/C20H15FN4S2/c21-16-8-6-14(7-9-16)12-19-23-24-20(26)25(19)22-13-17-10-11-18(27-17)15-4-2-1-3-5-15/h1-11,13H,12H2,(H,24,26)/b22-13-. The highest BCUT2D eigenvalue weighted by Crippen LogP contribution is 2.27. The second-order valence-electron chi connectivity index (χ2n) is 5.87. The molecule has 0 amide bonds. The van der Waals surface area contributed by atoms with Crippen LogP contribution in [0.2, 0.25) is 0 Å². The lowest BCUT2D eigenvalue weighted by atomic mass is 10.1. The van der Waals surface area contributed by atoms with Crippen LogP contribution in [-0.2, 0) is 6.42 Å². The number of hydrogen-bond acceptors (Lipinski definition) is 4. The van der Waals surface area contributed by atoms with Crippen LogP contribution in [0.15, 0.2) is 71.8 Å². The first kappa shape index (κ1) is 17.5. The molecule has 2 heterocycles. The predicted molar refractivity (Wildman–Crippen MR) is 109 cm³/mol. The first-order valence-corrected chi connectivity index (χ1v) is 9.52. The van der Waals surface area contributed by atoms with Gasteiger partial charge in [-0.1, -0.05) is 42.5 Å². The number of halogens is 1. The first-order valence-electron chi connectivity index (χ1n) is 8.29. The molecular formula is C20H15FN4S2. The Hall–Kier alpha value is -2.90. The highest BCUT2D eigenvalue weighted by atomic mass is 32.1. The summed E-state index contributed by atoms with van der Waals surface area (Å²) >= 11 is 6.94. The van der Waals surface area contributed by atoms with Gasteiger partial charge in [0.05, 0.1) is 6.21 Å². The van der Waals surface area contributed by atoms with E-state index in [1.807, 2.05) is 24.3 Å². The molecule has 0 aliphatic carbocycles. The summed E-state index contributed by atoms with van der Waals surface area (Å²) in [6.07, 6.45) is 2.28. The van der Waals surface area contributed by atoms with Crippen LogP contribution in [0.3, 0.4) is 0 Å². The number of rotatable bonds is 5. The summed E-state index contributed by atoms with van der Waals surface area (Å²) in [5.74, 6) is 0.408. The summed E-state index contributed by atoms with van der Waals surface area (Å²) in [6.45, 7) is 0. The zero-order chi connectivity index (χ0) is 18.6. The molecule has 0 saturated carbocycles. The SMILES string of the molecule is Fc1ccc(Cc2n[nH]c(=S)n2/N=C\c2ccc(-c3ccccc3)s2)cc1. The van der Waals surface area contributed by atoms with Crippen LogP contribution in [0.4, 0.5) is 4.39 Å². The highest BCUT2D eigenvalue weighted by molar-refractivity contribution is 7.71. The van der Waals surface area contributed by atoms with E-state index < -0.39 is 0 Å². The van der Waals surface area contributed by atoms with Crippen molar-refractivity contribution in [3.05, 3.63) is 93.6 Å². The second kappa shape index (κ2) is 7.77. The molecule has 27 heavy (non-hydrogen) atoms. The van der Waals surface area contributed by atoms with Crippen molar-refractivity contribution in [3.63, 3.8) is 0 Å². The van der Waals surface area contributed by atoms with Gasteiger partial charge in [0, 0.05) is 16.2 Å². The Bertz CT molecular complexity index is 1120. The van der Waals surface area contributed by atoms with Crippen molar-refractivity contribution < 1.29 is 4.39 Å². The van der Waals surface area contributed by atoms with Gasteiger partial charge in [0.2, 0.25) is 4.77 Å². The Balaban J connectivity index is 1.56. The molecule has 4 rings (SSSR count). The van der Waals surface area contributed by atoms with Gasteiger partial charge in [-0.2, -0.15) is 14.9 Å². The van der Waals surface area contributed by atoms with Crippen molar-refractivity contribution in [1.82, 2.24) is 14.9 Å². The number of H-pyrrole nitrogens is 1. The fourth-order valence-electron chi connectivity index (χ4n) is 2.64. The summed E-state index contributed by atoms with van der Waals surface area (Å²) < 4.78 is 15.1. The van der Waals surface area contributed by atoms with Crippen LogP contribution in [0.1, 0.15) is 16.3 Å². The molecule has 0 aliphatic rings. The minimum absolute atomic E-state index is 0.262. The number of aromatic nitrogens is 3. The molecular weight excluding hydrogens is 379 g/mol. The van der Waals surface area contributed by atoms with Crippen LogP contribution in [0, 0.1) is 10.6 Å². The summed E-state index contributed by atoms with van der Waals surface area (Å²) in [5.41, 5.74) is 2.11. The van der Waals surface area contributed by atoms with Crippen LogP contribution < -0.4 is 0 Å². The van der Waals surface area contributed by atoms with Gasteiger partial charge in [0.15, 0.2) is 5.82 Å². The van der Waals surface area contributed by atoms with E-state index in [1.165, 1.54) is 22.6 Å². The van der Waals surface area contributed by atoms with Crippen molar-refractivity contribution in [2.45, 2.75) is 6.42 Å². The van der Waals surface area contributed by atoms with Crippen molar-refractivity contribution in [1.29, 1.82) is 0 Å². The van der Waals surface area contributed by atoms with E-state index in [1.54, 1.807) is 34.4 Å². The zero-order valence-corrected chi connectivity index (χ0v) is 15.8. The van der Waals surface area contributed by atoms with E-state index >= 15 is 0 Å². The Morgan fingerprint density at radius 2 is 1.85 bits per heavy atom. The van der Waals surface area contributed by atoms with Crippen molar-refractivity contribution in [2.75, 3.05) is 0 Å². The third-order valence-corrected chi connectivity index (χ3v) is 5.31. The average Bonchev–Trinajstić information content (AvgIpc) is 3.30. The molecule has 2 aromatic carbocycles. The number of nitrogens with zero attached hydrogens (tertiary/aromatic N) is 3. The van der Waals surface area contributed by atoms with Gasteiger partial charge >= 0.3 is 0 Å². The van der Waals surface area contributed by atoms with E-state index in [0.717, 1.165) is 10.4 Å². The minimum Gasteiger partial charge on any atom is -0.250 e. The lowest BCUT2D eigenvalue weighted by Crippen LogP contribution is -2.00. The molecule has 0 unspecified atom stereocenters. The summed E-state index contributed by atoms with van der Waals surface area (Å²) in [4.78, 5) is 2.20. The molecule has 0 saturated heterocycles. The molecule has 134 valence electrons. The van der Waals surface area contributed by atoms with Gasteiger partial charge in [-0.25, -0.2) is 4.39 Å². The Morgan fingerprint density at radius 3 is 2.63 bits per heavy atom. The monoisotopic (exact) mass is 394 g/mol. The molecule has 4 aromatic rings. The molecule has 0 atom stereocenters. The number of aromatic amines is 1. The van der Waals surface area contributed by atoms with E-state index in [-0.39, 0.29) is 5.82 Å². The quantitative estimate of drug-likeness (QED) is 0.370. The minimum atomic E-state index is -0.262. The fourth-order valence-corrected chi connectivity index (χ4v) is 3.72. The van der Waals surface area contributed by atoms with Gasteiger partial charge in [0.25, 0.3) is 0 Å². The maximum Gasteiger partial charge on any atom is 0.216 e. The van der Waals surface area contributed by atoms with Crippen molar-refractivity contribution in [2.24, 2.45) is 5.10 Å². The second-order valence-corrected chi connectivity index (χ2v) is 7.37. The summed E-state index contributed by atoms with van der Waals surface area (Å²) in [5, 5.41) is 11.5. The van der Waals surface area contributed by atoms with E-state index in [0.29, 0.717) is 17.0 Å². The van der Waals surface area contributed by atoms with Crippen molar-refractivity contribution >= 4 is 29.8 Å². The maximum absolute atomic E-state index is 13.1. The zero-order valence-electron chi connectivity index (χ0n) is 14.2. The van der Waals surface area contributed by atoms with E-state index in [2.05, 4.69) is 33.5 Å². The van der Waals surface area contributed by atoms with Gasteiger partial charge < -0.3 is 0 Å². The van der Waals surface area contributed by atoms with Crippen LogP contribution in [0.25, 0.3) is 10.4 Å². The highest BCUT2D eigenvalue weighted by Gasteiger charge is 2.07. The Morgan fingerprint density at radius 1 is 1.07 bits per heavy atom. The predicted octanol–water partition coefficient (Wildman–Crippen LogP) is 5.28. The topological polar surface area (TPSA) is 46.0 Å². The molecule has 4 nitrogen and oxygen atoms in total. The maximum atomic E-state index is 13.1. The molecule has 2 aromatic heterocycles. The first-order chi connectivity index (χ1) is 13.2. The molecule has 0 bridgehead atoms. The van der Waals surface area contributed by atoms with Crippen LogP contribution in [-0.4, -0.2) is 21.1 Å². The van der Waals surface area contributed by atoms with Gasteiger partial charge in [-0.15, -0.1) is 11.3 Å². The third-order valence-electron chi connectivity index (χ3n) is 3.98. The Labute approximate surface area is 164 Å². The normalized spacial score (nSPS) is 11.3. The largest absolute Gasteiger partial charge is 0.250 e. The van der Waals surface area contributed by atoms with E-state index in [4.69, 9.17) is 12.2 Å². The molecule has 0 fully saturated rings. The smallest absolute Gasteiger partial charge is 0.216 e. The molecule has 0 aliphatic heterocycles. The van der Waals surface area contributed by atoms with Crippen LogP contribution >= 0.6 is 23.6 Å².